The van der Waals surface area contributed by atoms with Gasteiger partial charge in [0.25, 0.3) is 0 Å². The highest BCUT2D eigenvalue weighted by molar-refractivity contribution is 6.35. The van der Waals surface area contributed by atoms with E-state index in [1.54, 1.807) is 18.2 Å². The average Bonchev–Trinajstić information content (AvgIpc) is 2.91. The van der Waals surface area contributed by atoms with Crippen molar-refractivity contribution in [1.29, 1.82) is 0 Å². The number of carbonyl (C=O) groups excluding carboxylic acids is 2. The molecule has 1 heterocycles. The number of halogens is 3. The third-order valence-electron chi connectivity index (χ3n) is 3.76. The fourth-order valence-electron chi connectivity index (χ4n) is 2.63. The van der Waals surface area contributed by atoms with E-state index in [9.17, 15) is 14.0 Å². The Hall–Kier alpha value is -2.31. The van der Waals surface area contributed by atoms with Crippen LogP contribution in [0.5, 0.6) is 0 Å². The summed E-state index contributed by atoms with van der Waals surface area (Å²) in [4.78, 5) is 25.7. The third-order valence-corrected chi connectivity index (χ3v) is 4.32. The Morgan fingerprint density at radius 2 is 2.00 bits per heavy atom. The van der Waals surface area contributed by atoms with Crippen LogP contribution in [-0.4, -0.2) is 24.5 Å². The molecule has 1 aliphatic rings. The van der Waals surface area contributed by atoms with Crippen LogP contribution in [0.4, 0.5) is 20.6 Å². The van der Waals surface area contributed by atoms with Crippen LogP contribution >= 0.6 is 23.2 Å². The number of carbonyl (C=O) groups is 2. The minimum Gasteiger partial charge on any atom is -0.333 e. The highest BCUT2D eigenvalue weighted by Crippen LogP contribution is 2.26. The van der Waals surface area contributed by atoms with Crippen LogP contribution in [-0.2, 0) is 4.79 Å². The zero-order chi connectivity index (χ0) is 18.0. The summed E-state index contributed by atoms with van der Waals surface area (Å²) in [5, 5.41) is 6.10. The zero-order valence-electron chi connectivity index (χ0n) is 12.9. The molecule has 1 fully saturated rings. The molecule has 8 heteroatoms. The molecule has 0 aromatic heterocycles. The van der Waals surface area contributed by atoms with Gasteiger partial charge in [-0.1, -0.05) is 29.3 Å². The second kappa shape index (κ2) is 7.29. The molecule has 2 N–H and O–H groups in total. The van der Waals surface area contributed by atoms with E-state index in [2.05, 4.69) is 10.6 Å². The first kappa shape index (κ1) is 17.5. The standard InChI is InChI=1S/C17H14Cl2FN3O2/c18-10-4-5-14(19)15(6-10)22-17(25)21-12-8-16(24)23(9-12)13-3-1-2-11(20)7-13/h1-7,12H,8-9H2,(H2,21,22,25). The van der Waals surface area contributed by atoms with Crippen molar-refractivity contribution in [3.63, 3.8) is 0 Å². The van der Waals surface area contributed by atoms with Crippen molar-refractivity contribution < 1.29 is 14.0 Å². The minimum absolute atomic E-state index is 0.132. The van der Waals surface area contributed by atoms with Crippen molar-refractivity contribution in [2.24, 2.45) is 0 Å². The molecule has 1 aliphatic heterocycles. The van der Waals surface area contributed by atoms with Gasteiger partial charge in [-0.25, -0.2) is 9.18 Å². The number of hydrogen-bond donors (Lipinski definition) is 2. The lowest BCUT2D eigenvalue weighted by atomic mass is 10.2. The summed E-state index contributed by atoms with van der Waals surface area (Å²) in [6.07, 6.45) is 0.132. The maximum absolute atomic E-state index is 13.3. The zero-order valence-corrected chi connectivity index (χ0v) is 14.4. The molecular weight excluding hydrogens is 368 g/mol. The quantitative estimate of drug-likeness (QED) is 0.841. The number of rotatable bonds is 3. The summed E-state index contributed by atoms with van der Waals surface area (Å²) in [6, 6.07) is 9.60. The van der Waals surface area contributed by atoms with Crippen LogP contribution in [0.1, 0.15) is 6.42 Å². The first-order valence-corrected chi connectivity index (χ1v) is 8.26. The molecule has 1 saturated heterocycles. The predicted molar refractivity (Wildman–Crippen MR) is 95.8 cm³/mol. The lowest BCUT2D eigenvalue weighted by molar-refractivity contribution is -0.117. The van der Waals surface area contributed by atoms with Crippen molar-refractivity contribution in [3.05, 3.63) is 58.3 Å². The van der Waals surface area contributed by atoms with Gasteiger partial charge >= 0.3 is 6.03 Å². The van der Waals surface area contributed by atoms with Gasteiger partial charge in [0.1, 0.15) is 5.82 Å². The Balaban J connectivity index is 1.63. The van der Waals surface area contributed by atoms with E-state index in [-0.39, 0.29) is 18.9 Å². The normalized spacial score (nSPS) is 16.8. The Morgan fingerprint density at radius 3 is 2.76 bits per heavy atom. The topological polar surface area (TPSA) is 61.4 Å². The molecule has 5 nitrogen and oxygen atoms in total. The van der Waals surface area contributed by atoms with E-state index >= 15 is 0 Å². The fourth-order valence-corrected chi connectivity index (χ4v) is 2.97. The lowest BCUT2D eigenvalue weighted by Crippen LogP contribution is -2.39. The Morgan fingerprint density at radius 1 is 1.20 bits per heavy atom. The van der Waals surface area contributed by atoms with E-state index in [4.69, 9.17) is 23.2 Å². The average molecular weight is 382 g/mol. The highest BCUT2D eigenvalue weighted by atomic mass is 35.5. The van der Waals surface area contributed by atoms with Gasteiger partial charge in [-0.3, -0.25) is 4.79 Å². The van der Waals surface area contributed by atoms with Crippen molar-refractivity contribution in [1.82, 2.24) is 5.32 Å². The first-order chi connectivity index (χ1) is 11.9. The van der Waals surface area contributed by atoms with E-state index in [0.717, 1.165) is 0 Å². The molecule has 2 aromatic rings. The Bertz CT molecular complexity index is 831. The molecule has 0 saturated carbocycles. The van der Waals surface area contributed by atoms with E-state index < -0.39 is 17.9 Å². The summed E-state index contributed by atoms with van der Waals surface area (Å²) < 4.78 is 13.3. The van der Waals surface area contributed by atoms with Gasteiger partial charge < -0.3 is 15.5 Å². The molecule has 0 spiro atoms. The summed E-state index contributed by atoms with van der Waals surface area (Å²) in [5.41, 5.74) is 0.838. The van der Waals surface area contributed by atoms with Crippen LogP contribution in [0.2, 0.25) is 10.0 Å². The third kappa shape index (κ3) is 4.21. The molecular formula is C17H14Cl2FN3O2. The fraction of sp³-hybridized carbons (Fsp3) is 0.176. The van der Waals surface area contributed by atoms with E-state index in [1.807, 2.05) is 0 Å². The SMILES string of the molecule is O=C(Nc1cc(Cl)ccc1Cl)NC1CC(=O)N(c2cccc(F)c2)C1. The van der Waals surface area contributed by atoms with Gasteiger partial charge in [0.15, 0.2) is 0 Å². The number of hydrogen-bond acceptors (Lipinski definition) is 2. The van der Waals surface area contributed by atoms with Crippen LogP contribution in [0.3, 0.4) is 0 Å². The van der Waals surface area contributed by atoms with Crippen LogP contribution in [0.25, 0.3) is 0 Å². The van der Waals surface area contributed by atoms with Crippen molar-refractivity contribution in [3.8, 4) is 0 Å². The smallest absolute Gasteiger partial charge is 0.319 e. The van der Waals surface area contributed by atoms with Gasteiger partial charge in [-0.15, -0.1) is 0 Å². The molecule has 3 amide bonds. The highest BCUT2D eigenvalue weighted by Gasteiger charge is 2.31. The molecule has 1 atom stereocenters. The van der Waals surface area contributed by atoms with E-state index in [1.165, 1.54) is 29.2 Å². The molecule has 0 bridgehead atoms. The summed E-state index contributed by atoms with van der Waals surface area (Å²) in [5.74, 6) is -0.605. The number of nitrogens with one attached hydrogen (secondary N) is 2. The van der Waals surface area contributed by atoms with Gasteiger partial charge in [0.2, 0.25) is 5.91 Å². The number of urea groups is 1. The summed E-state index contributed by atoms with van der Waals surface area (Å²) in [6.45, 7) is 0.263. The molecule has 3 rings (SSSR count). The second-order valence-electron chi connectivity index (χ2n) is 5.61. The molecule has 2 aromatic carbocycles. The van der Waals surface area contributed by atoms with Gasteiger partial charge in [0.05, 0.1) is 16.8 Å². The molecule has 1 unspecified atom stereocenters. The number of nitrogens with zero attached hydrogens (tertiary/aromatic N) is 1. The molecule has 0 aliphatic carbocycles. The van der Waals surface area contributed by atoms with E-state index in [0.29, 0.717) is 21.4 Å². The number of benzene rings is 2. The molecule has 25 heavy (non-hydrogen) atoms. The number of anilines is 2. The van der Waals surface area contributed by atoms with Gasteiger partial charge in [0, 0.05) is 23.7 Å². The second-order valence-corrected chi connectivity index (χ2v) is 6.45. The maximum Gasteiger partial charge on any atom is 0.319 e. The monoisotopic (exact) mass is 381 g/mol. The first-order valence-electron chi connectivity index (χ1n) is 7.51. The Kier molecular flexibility index (Phi) is 5.11. The van der Waals surface area contributed by atoms with Gasteiger partial charge in [-0.2, -0.15) is 0 Å². The molecule has 0 radical (unpaired) electrons. The van der Waals surface area contributed by atoms with Crippen molar-refractivity contribution >= 4 is 46.5 Å². The predicted octanol–water partition coefficient (Wildman–Crippen LogP) is 4.06. The van der Waals surface area contributed by atoms with Crippen LogP contribution in [0, 0.1) is 5.82 Å². The minimum atomic E-state index is -0.497. The van der Waals surface area contributed by atoms with Crippen molar-refractivity contribution in [2.75, 3.05) is 16.8 Å². The Labute approximate surface area is 153 Å². The lowest BCUT2D eigenvalue weighted by Gasteiger charge is -2.17. The number of amides is 3. The maximum atomic E-state index is 13.3. The van der Waals surface area contributed by atoms with Crippen LogP contribution < -0.4 is 15.5 Å². The summed E-state index contributed by atoms with van der Waals surface area (Å²) >= 11 is 11.9. The van der Waals surface area contributed by atoms with Crippen molar-refractivity contribution in [2.45, 2.75) is 12.5 Å². The largest absolute Gasteiger partial charge is 0.333 e. The van der Waals surface area contributed by atoms with Crippen LogP contribution in [0.15, 0.2) is 42.5 Å². The van der Waals surface area contributed by atoms with Gasteiger partial charge in [-0.05, 0) is 36.4 Å². The summed E-state index contributed by atoms with van der Waals surface area (Å²) in [7, 11) is 0. The molecule has 130 valence electrons.